The van der Waals surface area contributed by atoms with E-state index in [0.717, 1.165) is 5.56 Å². The summed E-state index contributed by atoms with van der Waals surface area (Å²) in [7, 11) is 0.0485. The molecule has 31 heavy (non-hydrogen) atoms. The Hall–Kier alpha value is -3.33. The maximum absolute atomic E-state index is 12.9. The molecule has 1 saturated heterocycles. The van der Waals surface area contributed by atoms with Crippen LogP contribution < -0.4 is 14.8 Å². The molecule has 0 bridgehead atoms. The third kappa shape index (κ3) is 4.56. The Balaban J connectivity index is 1.67. The second kappa shape index (κ2) is 8.43. The van der Waals surface area contributed by atoms with Crippen molar-refractivity contribution in [2.45, 2.75) is 12.5 Å². The second-order valence-corrected chi connectivity index (χ2v) is 9.56. The van der Waals surface area contributed by atoms with E-state index in [9.17, 15) is 13.2 Å². The fraction of sp³-hybridized carbons (Fsp3) is 0.273. The first-order chi connectivity index (χ1) is 14.9. The molecule has 1 N–H and O–H groups in total. The molecule has 0 unspecified atom stereocenters. The number of rotatable bonds is 6. The SMILES string of the molecule is COc1ccc(NC(=O)c2cc(-c3ccc(OC)cc3)n([C@@H]3CCS(=O)(=O)C3)n2)cc1. The number of benzene rings is 2. The van der Waals surface area contributed by atoms with E-state index >= 15 is 0 Å². The van der Waals surface area contributed by atoms with Crippen LogP contribution in [-0.4, -0.2) is 49.8 Å². The molecule has 2 aromatic carbocycles. The third-order valence-electron chi connectivity index (χ3n) is 5.26. The normalized spacial score (nSPS) is 17.3. The Labute approximate surface area is 180 Å². The first-order valence-electron chi connectivity index (χ1n) is 9.78. The average Bonchev–Trinajstić information content (AvgIpc) is 3.38. The second-order valence-electron chi connectivity index (χ2n) is 7.33. The lowest BCUT2D eigenvalue weighted by atomic mass is 10.1. The van der Waals surface area contributed by atoms with Crippen LogP contribution in [0.5, 0.6) is 11.5 Å². The average molecular weight is 442 g/mol. The summed E-state index contributed by atoms with van der Waals surface area (Å²) in [5.41, 5.74) is 2.33. The Morgan fingerprint density at radius 1 is 1.03 bits per heavy atom. The highest BCUT2D eigenvalue weighted by Gasteiger charge is 2.32. The molecular weight excluding hydrogens is 418 g/mol. The van der Waals surface area contributed by atoms with Crippen LogP contribution in [0.15, 0.2) is 54.6 Å². The minimum atomic E-state index is -3.11. The number of amides is 1. The van der Waals surface area contributed by atoms with E-state index in [1.807, 2.05) is 24.3 Å². The van der Waals surface area contributed by atoms with Crippen molar-refractivity contribution in [1.29, 1.82) is 0 Å². The van der Waals surface area contributed by atoms with E-state index in [2.05, 4.69) is 10.4 Å². The van der Waals surface area contributed by atoms with Gasteiger partial charge < -0.3 is 14.8 Å². The van der Waals surface area contributed by atoms with Gasteiger partial charge in [-0.1, -0.05) is 0 Å². The van der Waals surface area contributed by atoms with E-state index in [-0.39, 0.29) is 29.1 Å². The molecule has 0 saturated carbocycles. The molecule has 162 valence electrons. The van der Waals surface area contributed by atoms with Gasteiger partial charge in [-0.3, -0.25) is 9.48 Å². The van der Waals surface area contributed by atoms with Gasteiger partial charge in [0.1, 0.15) is 11.5 Å². The lowest BCUT2D eigenvalue weighted by molar-refractivity contribution is 0.102. The number of ether oxygens (including phenoxy) is 2. The van der Waals surface area contributed by atoms with Gasteiger partial charge in [0.25, 0.3) is 5.91 Å². The van der Waals surface area contributed by atoms with Crippen LogP contribution in [0.1, 0.15) is 23.0 Å². The van der Waals surface area contributed by atoms with Gasteiger partial charge in [-0.25, -0.2) is 8.42 Å². The number of hydrogen-bond donors (Lipinski definition) is 1. The van der Waals surface area contributed by atoms with Crippen LogP contribution in [-0.2, 0) is 9.84 Å². The highest BCUT2D eigenvalue weighted by atomic mass is 32.2. The number of nitrogens with one attached hydrogen (secondary N) is 1. The predicted octanol–water partition coefficient (Wildman–Crippen LogP) is 3.18. The first-order valence-corrected chi connectivity index (χ1v) is 11.6. The third-order valence-corrected chi connectivity index (χ3v) is 7.01. The number of anilines is 1. The number of hydrogen-bond acceptors (Lipinski definition) is 6. The topological polar surface area (TPSA) is 99.5 Å². The van der Waals surface area contributed by atoms with Crippen LogP contribution in [0.25, 0.3) is 11.3 Å². The zero-order chi connectivity index (χ0) is 22.0. The van der Waals surface area contributed by atoms with Gasteiger partial charge in [0, 0.05) is 11.3 Å². The molecule has 1 aliphatic rings. The van der Waals surface area contributed by atoms with Crippen LogP contribution in [0.2, 0.25) is 0 Å². The predicted molar refractivity (Wildman–Crippen MR) is 117 cm³/mol. The van der Waals surface area contributed by atoms with Crippen LogP contribution in [0, 0.1) is 0 Å². The van der Waals surface area contributed by atoms with E-state index in [1.54, 1.807) is 49.2 Å². The molecule has 1 atom stereocenters. The Bertz CT molecular complexity index is 1180. The lowest BCUT2D eigenvalue weighted by Crippen LogP contribution is -2.16. The summed E-state index contributed by atoms with van der Waals surface area (Å²) in [6.45, 7) is 0. The molecule has 1 fully saturated rings. The Morgan fingerprint density at radius 3 is 2.19 bits per heavy atom. The number of sulfone groups is 1. The fourth-order valence-electron chi connectivity index (χ4n) is 3.60. The fourth-order valence-corrected chi connectivity index (χ4v) is 5.29. The summed E-state index contributed by atoms with van der Waals surface area (Å²) < 4.78 is 36.1. The Kier molecular flexibility index (Phi) is 5.69. The van der Waals surface area contributed by atoms with Crippen molar-refractivity contribution < 1.29 is 22.7 Å². The largest absolute Gasteiger partial charge is 0.497 e. The Morgan fingerprint density at radius 2 is 1.65 bits per heavy atom. The number of methoxy groups -OCH3 is 2. The van der Waals surface area contributed by atoms with Gasteiger partial charge in [0.05, 0.1) is 37.5 Å². The van der Waals surface area contributed by atoms with Gasteiger partial charge in [-0.2, -0.15) is 5.10 Å². The van der Waals surface area contributed by atoms with Crippen molar-refractivity contribution in [3.8, 4) is 22.8 Å². The maximum atomic E-state index is 12.9. The summed E-state index contributed by atoms with van der Waals surface area (Å²) in [4.78, 5) is 12.9. The molecule has 2 heterocycles. The zero-order valence-corrected chi connectivity index (χ0v) is 18.1. The van der Waals surface area contributed by atoms with Gasteiger partial charge in [-0.15, -0.1) is 0 Å². The quantitative estimate of drug-likeness (QED) is 0.631. The van der Waals surface area contributed by atoms with Crippen molar-refractivity contribution in [2.24, 2.45) is 0 Å². The van der Waals surface area contributed by atoms with Gasteiger partial charge in [0.15, 0.2) is 15.5 Å². The van der Waals surface area contributed by atoms with Crippen molar-refractivity contribution in [1.82, 2.24) is 9.78 Å². The summed E-state index contributed by atoms with van der Waals surface area (Å²) in [6, 6.07) is 15.7. The summed E-state index contributed by atoms with van der Waals surface area (Å²) in [6.07, 6.45) is 0.465. The zero-order valence-electron chi connectivity index (χ0n) is 17.2. The number of carbonyl (C=O) groups is 1. The molecule has 9 heteroatoms. The molecule has 0 spiro atoms. The van der Waals surface area contributed by atoms with Crippen LogP contribution >= 0.6 is 0 Å². The monoisotopic (exact) mass is 441 g/mol. The molecular formula is C22H23N3O5S. The molecule has 8 nitrogen and oxygen atoms in total. The highest BCUT2D eigenvalue weighted by Crippen LogP contribution is 2.31. The maximum Gasteiger partial charge on any atom is 0.276 e. The van der Waals surface area contributed by atoms with Gasteiger partial charge in [-0.05, 0) is 61.0 Å². The lowest BCUT2D eigenvalue weighted by Gasteiger charge is -2.13. The molecule has 0 aliphatic carbocycles. The highest BCUT2D eigenvalue weighted by molar-refractivity contribution is 7.91. The first kappa shape index (κ1) is 20.9. The van der Waals surface area contributed by atoms with Crippen LogP contribution in [0.4, 0.5) is 5.69 Å². The van der Waals surface area contributed by atoms with Gasteiger partial charge in [0.2, 0.25) is 0 Å². The molecule has 3 aromatic rings. The van der Waals surface area contributed by atoms with Crippen molar-refractivity contribution >= 4 is 21.4 Å². The van der Waals surface area contributed by atoms with E-state index in [1.165, 1.54) is 0 Å². The minimum Gasteiger partial charge on any atom is -0.497 e. The van der Waals surface area contributed by atoms with Gasteiger partial charge >= 0.3 is 0 Å². The molecule has 1 amide bonds. The van der Waals surface area contributed by atoms with Crippen molar-refractivity contribution in [3.63, 3.8) is 0 Å². The van der Waals surface area contributed by atoms with E-state index in [0.29, 0.717) is 29.3 Å². The van der Waals surface area contributed by atoms with Crippen molar-refractivity contribution in [2.75, 3.05) is 31.0 Å². The minimum absolute atomic E-state index is 0.0113. The van der Waals surface area contributed by atoms with Crippen LogP contribution in [0.3, 0.4) is 0 Å². The number of carbonyl (C=O) groups excluding carboxylic acids is 1. The molecule has 4 rings (SSSR count). The molecule has 1 aliphatic heterocycles. The number of aromatic nitrogens is 2. The number of nitrogens with zero attached hydrogens (tertiary/aromatic N) is 2. The standard InChI is InChI=1S/C22H23N3O5S/c1-29-18-7-3-15(4-8-18)21-13-20(24-25(21)17-11-12-31(27,28)14-17)22(26)23-16-5-9-19(30-2)10-6-16/h3-10,13,17H,11-12,14H2,1-2H3,(H,23,26)/t17-/m1/s1. The molecule has 1 aromatic heterocycles. The van der Waals surface area contributed by atoms with E-state index in [4.69, 9.17) is 9.47 Å². The van der Waals surface area contributed by atoms with E-state index < -0.39 is 9.84 Å². The summed E-state index contributed by atoms with van der Waals surface area (Å²) in [5, 5.41) is 7.31. The summed E-state index contributed by atoms with van der Waals surface area (Å²) >= 11 is 0. The smallest absolute Gasteiger partial charge is 0.276 e. The molecule has 0 radical (unpaired) electrons. The van der Waals surface area contributed by atoms with Crippen molar-refractivity contribution in [3.05, 3.63) is 60.3 Å². The summed E-state index contributed by atoms with van der Waals surface area (Å²) in [5.74, 6) is 1.14.